The van der Waals surface area contributed by atoms with E-state index in [2.05, 4.69) is 26.1 Å². The number of nitrogens with zero attached hydrogens (tertiary/aromatic N) is 1. The van der Waals surface area contributed by atoms with Crippen LogP contribution in [0, 0.1) is 5.92 Å². The van der Waals surface area contributed by atoms with E-state index in [1.54, 1.807) is 11.0 Å². The summed E-state index contributed by atoms with van der Waals surface area (Å²) in [4.78, 5) is 27.0. The van der Waals surface area contributed by atoms with Crippen LogP contribution in [0.3, 0.4) is 0 Å². The highest BCUT2D eigenvalue weighted by Gasteiger charge is 2.33. The van der Waals surface area contributed by atoms with Crippen LogP contribution >= 0.6 is 0 Å². The highest BCUT2D eigenvalue weighted by molar-refractivity contribution is 6.10. The second-order valence-corrected chi connectivity index (χ2v) is 6.02. The lowest BCUT2D eigenvalue weighted by atomic mass is 10.0. The Morgan fingerprint density at radius 3 is 2.62 bits per heavy atom. The van der Waals surface area contributed by atoms with Crippen LogP contribution in [0.25, 0.3) is 0 Å². The van der Waals surface area contributed by atoms with Crippen molar-refractivity contribution in [2.24, 2.45) is 5.92 Å². The van der Waals surface area contributed by atoms with Crippen LogP contribution in [0.2, 0.25) is 0 Å². The maximum absolute atomic E-state index is 12.8. The van der Waals surface area contributed by atoms with Crippen LogP contribution in [0.4, 0.5) is 5.69 Å². The Balaban J connectivity index is 2.38. The second-order valence-electron chi connectivity index (χ2n) is 6.02. The minimum Gasteiger partial charge on any atom is -0.340 e. The van der Waals surface area contributed by atoms with Crippen molar-refractivity contribution in [3.05, 3.63) is 29.8 Å². The van der Waals surface area contributed by atoms with E-state index >= 15 is 0 Å². The van der Waals surface area contributed by atoms with E-state index in [9.17, 15) is 9.59 Å². The molecule has 114 valence electrons. The third kappa shape index (κ3) is 3.43. The Kier molecular flexibility index (Phi) is 4.99. The predicted octanol–water partition coefficient (Wildman–Crippen LogP) is 2.98. The number of amides is 2. The van der Waals surface area contributed by atoms with Crippen molar-refractivity contribution in [1.82, 2.24) is 5.32 Å². The Hall–Kier alpha value is -1.84. The highest BCUT2D eigenvalue weighted by atomic mass is 16.2. The minimum absolute atomic E-state index is 0.00968. The van der Waals surface area contributed by atoms with Gasteiger partial charge < -0.3 is 10.2 Å². The number of benzene rings is 1. The number of rotatable bonds is 5. The van der Waals surface area contributed by atoms with Gasteiger partial charge in [0.1, 0.15) is 6.04 Å². The Morgan fingerprint density at radius 2 is 1.95 bits per heavy atom. The van der Waals surface area contributed by atoms with Gasteiger partial charge in [-0.2, -0.15) is 0 Å². The normalized spacial score (nSPS) is 18.5. The summed E-state index contributed by atoms with van der Waals surface area (Å²) < 4.78 is 0. The fraction of sp³-hybridized carbons (Fsp3) is 0.529. The molecule has 2 amide bonds. The summed E-state index contributed by atoms with van der Waals surface area (Å²) in [6.45, 7) is 6.89. The van der Waals surface area contributed by atoms with Crippen molar-refractivity contribution in [2.45, 2.75) is 46.1 Å². The number of hydrogen-bond donors (Lipinski definition) is 1. The van der Waals surface area contributed by atoms with Crippen LogP contribution in [-0.4, -0.2) is 24.4 Å². The van der Waals surface area contributed by atoms with Gasteiger partial charge in [0, 0.05) is 6.54 Å². The molecule has 1 unspecified atom stereocenters. The largest absolute Gasteiger partial charge is 0.340 e. The molecule has 0 aliphatic carbocycles. The van der Waals surface area contributed by atoms with Crippen LogP contribution in [0.15, 0.2) is 24.3 Å². The van der Waals surface area contributed by atoms with Crippen LogP contribution in [-0.2, 0) is 4.79 Å². The van der Waals surface area contributed by atoms with Crippen molar-refractivity contribution in [3.8, 4) is 0 Å². The summed E-state index contributed by atoms with van der Waals surface area (Å²) in [7, 11) is 0. The van der Waals surface area contributed by atoms with Gasteiger partial charge in [-0.1, -0.05) is 39.3 Å². The van der Waals surface area contributed by atoms with Crippen molar-refractivity contribution >= 4 is 17.5 Å². The summed E-state index contributed by atoms with van der Waals surface area (Å²) in [6.07, 6.45) is 2.62. The molecule has 2 rings (SSSR count). The van der Waals surface area contributed by atoms with Gasteiger partial charge in [0.15, 0.2) is 0 Å². The highest BCUT2D eigenvalue weighted by Crippen LogP contribution is 2.26. The molecule has 1 heterocycles. The topological polar surface area (TPSA) is 49.4 Å². The molecule has 0 saturated heterocycles. The van der Waals surface area contributed by atoms with E-state index in [1.807, 2.05) is 18.2 Å². The zero-order valence-corrected chi connectivity index (χ0v) is 13.1. The summed E-state index contributed by atoms with van der Waals surface area (Å²) in [5.74, 6) is 0.215. The Morgan fingerprint density at radius 1 is 1.24 bits per heavy atom. The van der Waals surface area contributed by atoms with Gasteiger partial charge >= 0.3 is 0 Å². The number of fused-ring (bicyclic) bond motifs is 1. The number of nitrogens with one attached hydrogen (secondary N) is 1. The monoisotopic (exact) mass is 288 g/mol. The van der Waals surface area contributed by atoms with Crippen molar-refractivity contribution < 1.29 is 9.59 Å². The van der Waals surface area contributed by atoms with Gasteiger partial charge in [0.05, 0.1) is 11.3 Å². The van der Waals surface area contributed by atoms with Gasteiger partial charge in [0.25, 0.3) is 5.91 Å². The third-order valence-corrected chi connectivity index (χ3v) is 3.75. The third-order valence-electron chi connectivity index (χ3n) is 3.75. The molecule has 0 spiro atoms. The second kappa shape index (κ2) is 6.74. The molecule has 4 heteroatoms. The fourth-order valence-electron chi connectivity index (χ4n) is 2.68. The predicted molar refractivity (Wildman–Crippen MR) is 84.4 cm³/mol. The van der Waals surface area contributed by atoms with Gasteiger partial charge in [-0.25, -0.2) is 0 Å². The maximum atomic E-state index is 12.8. The molecular formula is C17H24N2O2. The zero-order chi connectivity index (χ0) is 15.4. The van der Waals surface area contributed by atoms with E-state index < -0.39 is 6.04 Å². The lowest BCUT2D eigenvalue weighted by molar-refractivity contribution is -0.120. The first-order valence-corrected chi connectivity index (χ1v) is 7.75. The molecule has 1 atom stereocenters. The molecule has 0 aromatic heterocycles. The molecule has 4 nitrogen and oxygen atoms in total. The summed E-state index contributed by atoms with van der Waals surface area (Å²) >= 11 is 0. The summed E-state index contributed by atoms with van der Waals surface area (Å²) in [5, 5.41) is 2.89. The van der Waals surface area contributed by atoms with E-state index in [0.717, 1.165) is 18.5 Å². The number of unbranched alkanes of at least 4 members (excludes halogenated alkanes) is 1. The van der Waals surface area contributed by atoms with Gasteiger partial charge in [-0.05, 0) is 30.9 Å². The molecule has 0 fully saturated rings. The quantitative estimate of drug-likeness (QED) is 0.905. The number of carbonyl (C=O) groups is 2. The summed E-state index contributed by atoms with van der Waals surface area (Å²) in [6, 6.07) is 6.93. The molecular weight excluding hydrogens is 264 g/mol. The first-order valence-electron chi connectivity index (χ1n) is 7.75. The Bertz CT molecular complexity index is 525. The van der Waals surface area contributed by atoms with Crippen LogP contribution in [0.5, 0.6) is 0 Å². The molecule has 0 saturated carbocycles. The van der Waals surface area contributed by atoms with E-state index in [0.29, 0.717) is 24.4 Å². The molecule has 1 aromatic carbocycles. The van der Waals surface area contributed by atoms with Gasteiger partial charge in [0.2, 0.25) is 5.91 Å². The SMILES string of the molecule is CCCCN1C(=O)C(CC(C)C)NC(=O)c2ccccc21. The van der Waals surface area contributed by atoms with Crippen molar-refractivity contribution in [3.63, 3.8) is 0 Å². The summed E-state index contributed by atoms with van der Waals surface area (Å²) in [5.41, 5.74) is 1.33. The number of hydrogen-bond acceptors (Lipinski definition) is 2. The van der Waals surface area contributed by atoms with E-state index in [1.165, 1.54) is 0 Å². The lowest BCUT2D eigenvalue weighted by Gasteiger charge is -2.26. The van der Waals surface area contributed by atoms with E-state index in [-0.39, 0.29) is 11.8 Å². The van der Waals surface area contributed by atoms with E-state index in [4.69, 9.17) is 0 Å². The smallest absolute Gasteiger partial charge is 0.254 e. The first-order chi connectivity index (χ1) is 10.0. The standard InChI is InChI=1S/C17H24N2O2/c1-4-5-10-19-15-9-7-6-8-13(15)16(20)18-14(17(19)21)11-12(2)3/h6-9,12,14H,4-5,10-11H2,1-3H3,(H,18,20). The maximum Gasteiger partial charge on any atom is 0.254 e. The van der Waals surface area contributed by atoms with Crippen LogP contribution in [0.1, 0.15) is 50.4 Å². The number of carbonyl (C=O) groups excluding carboxylic acids is 2. The van der Waals surface area contributed by atoms with Gasteiger partial charge in [-0.3, -0.25) is 9.59 Å². The molecule has 0 radical (unpaired) electrons. The molecule has 1 N–H and O–H groups in total. The van der Waals surface area contributed by atoms with Gasteiger partial charge in [-0.15, -0.1) is 0 Å². The molecule has 1 aromatic rings. The molecule has 21 heavy (non-hydrogen) atoms. The molecule has 1 aliphatic heterocycles. The van der Waals surface area contributed by atoms with Crippen molar-refractivity contribution in [1.29, 1.82) is 0 Å². The molecule has 1 aliphatic rings. The number of anilines is 1. The average molecular weight is 288 g/mol. The fourth-order valence-corrected chi connectivity index (χ4v) is 2.68. The lowest BCUT2D eigenvalue weighted by Crippen LogP contribution is -2.46. The average Bonchev–Trinajstić information content (AvgIpc) is 2.54. The first kappa shape index (κ1) is 15.5. The number of para-hydroxylation sites is 1. The van der Waals surface area contributed by atoms with Crippen molar-refractivity contribution in [2.75, 3.05) is 11.4 Å². The van der Waals surface area contributed by atoms with Crippen LogP contribution < -0.4 is 10.2 Å². The molecule has 0 bridgehead atoms. The Labute approximate surface area is 126 Å². The zero-order valence-electron chi connectivity index (χ0n) is 13.1. The minimum atomic E-state index is -0.429.